The molecule has 2 N–H and O–H groups in total. The van der Waals surface area contributed by atoms with Gasteiger partial charge in [-0.1, -0.05) is 57.3 Å². The molecule has 0 heterocycles. The first-order chi connectivity index (χ1) is 14.9. The number of anilines is 1. The lowest BCUT2D eigenvalue weighted by molar-refractivity contribution is 0.0697. The number of carbonyl (C=O) groups is 1. The maximum atomic E-state index is 12.8. The van der Waals surface area contributed by atoms with Gasteiger partial charge in [0.2, 0.25) is 0 Å². The summed E-state index contributed by atoms with van der Waals surface area (Å²) in [5, 5.41) is 10.3. The van der Waals surface area contributed by atoms with Gasteiger partial charge >= 0.3 is 5.97 Å². The average molecular weight is 467 g/mol. The van der Waals surface area contributed by atoms with E-state index in [4.69, 9.17) is 16.3 Å². The van der Waals surface area contributed by atoms with Crippen LogP contribution in [0, 0.1) is 0 Å². The molecule has 0 saturated carbocycles. The fourth-order valence-electron chi connectivity index (χ4n) is 3.11. The number of carboxylic acids is 1. The summed E-state index contributed by atoms with van der Waals surface area (Å²) in [6, 6.07) is 10.2. The molecule has 0 aliphatic heterocycles. The van der Waals surface area contributed by atoms with Crippen molar-refractivity contribution >= 4 is 34.2 Å². The summed E-state index contributed by atoms with van der Waals surface area (Å²) in [7, 11) is -1.63. The Morgan fingerprint density at radius 1 is 1.10 bits per heavy atom. The summed E-state index contributed by atoms with van der Waals surface area (Å²) in [6.45, 7) is 7.96. The first kappa shape index (κ1) is 25.2. The number of benzene rings is 2. The van der Waals surface area contributed by atoms with Crippen LogP contribution < -0.4 is 14.4 Å². The van der Waals surface area contributed by atoms with Crippen molar-refractivity contribution in [2.24, 2.45) is 0 Å². The quantitative estimate of drug-likeness (QED) is 0.386. The molecular formula is C23H31ClN2O4S. The molecule has 0 bridgehead atoms. The highest BCUT2D eigenvalue weighted by Crippen LogP contribution is 2.37. The lowest BCUT2D eigenvalue weighted by Gasteiger charge is -2.27. The van der Waals surface area contributed by atoms with Crippen LogP contribution in [0.4, 0.5) is 5.69 Å². The first-order valence-corrected chi connectivity index (χ1v) is 12.2. The third-order valence-corrected chi connectivity index (χ3v) is 6.31. The Kier molecular flexibility index (Phi) is 10.3. The number of para-hydroxylation sites is 1. The minimum Gasteiger partial charge on any atom is -0.478 e. The number of carboxylic acid groups (broad SMARTS) is 1. The topological polar surface area (TPSA) is 78.9 Å². The SMILES string of the molecule is CCCCN(CCCC)c1cc(Oc2ccccc2Cl)c(S(=O)NCC)cc1C(=O)O. The number of rotatable bonds is 13. The van der Waals surface area contributed by atoms with E-state index in [2.05, 4.69) is 23.5 Å². The van der Waals surface area contributed by atoms with Gasteiger partial charge in [0.1, 0.15) is 22.5 Å². The number of hydrogen-bond acceptors (Lipinski definition) is 4. The lowest BCUT2D eigenvalue weighted by atomic mass is 10.1. The molecule has 2 aromatic rings. The molecule has 0 aliphatic rings. The van der Waals surface area contributed by atoms with Crippen LogP contribution in [-0.4, -0.2) is 34.9 Å². The molecule has 0 radical (unpaired) electrons. The van der Waals surface area contributed by atoms with Crippen LogP contribution >= 0.6 is 11.6 Å². The second kappa shape index (κ2) is 12.7. The van der Waals surface area contributed by atoms with Crippen LogP contribution in [0.1, 0.15) is 56.8 Å². The van der Waals surface area contributed by atoms with Crippen molar-refractivity contribution in [1.29, 1.82) is 0 Å². The highest BCUT2D eigenvalue weighted by atomic mass is 35.5. The minimum absolute atomic E-state index is 0.111. The Morgan fingerprint density at radius 3 is 2.29 bits per heavy atom. The van der Waals surface area contributed by atoms with E-state index in [1.54, 1.807) is 30.3 Å². The molecule has 1 unspecified atom stereocenters. The summed E-state index contributed by atoms with van der Waals surface area (Å²) < 4.78 is 21.7. The number of hydrogen-bond donors (Lipinski definition) is 2. The smallest absolute Gasteiger partial charge is 0.337 e. The molecule has 170 valence electrons. The van der Waals surface area contributed by atoms with Crippen molar-refractivity contribution in [2.75, 3.05) is 24.5 Å². The van der Waals surface area contributed by atoms with E-state index in [1.807, 2.05) is 6.92 Å². The maximum Gasteiger partial charge on any atom is 0.337 e. The fraction of sp³-hybridized carbons (Fsp3) is 0.435. The van der Waals surface area contributed by atoms with E-state index < -0.39 is 17.0 Å². The van der Waals surface area contributed by atoms with Crippen LogP contribution in [0.2, 0.25) is 5.02 Å². The van der Waals surface area contributed by atoms with Gasteiger partial charge in [0, 0.05) is 25.7 Å². The lowest BCUT2D eigenvalue weighted by Crippen LogP contribution is -2.28. The number of nitrogens with one attached hydrogen (secondary N) is 1. The van der Waals surface area contributed by atoms with Crippen molar-refractivity contribution in [2.45, 2.75) is 51.3 Å². The van der Waals surface area contributed by atoms with Gasteiger partial charge in [-0.3, -0.25) is 0 Å². The second-order valence-electron chi connectivity index (χ2n) is 7.11. The van der Waals surface area contributed by atoms with Crippen molar-refractivity contribution in [1.82, 2.24) is 4.72 Å². The normalized spacial score (nSPS) is 11.9. The largest absolute Gasteiger partial charge is 0.478 e. The number of unbranched alkanes of at least 4 members (excludes halogenated alkanes) is 2. The van der Waals surface area contributed by atoms with Crippen LogP contribution in [0.15, 0.2) is 41.3 Å². The van der Waals surface area contributed by atoms with Gasteiger partial charge in [0.05, 0.1) is 21.2 Å². The van der Waals surface area contributed by atoms with Gasteiger partial charge in [-0.05, 0) is 31.0 Å². The summed E-state index contributed by atoms with van der Waals surface area (Å²) in [6.07, 6.45) is 3.87. The summed E-state index contributed by atoms with van der Waals surface area (Å²) in [5.41, 5.74) is 0.675. The molecule has 8 heteroatoms. The highest BCUT2D eigenvalue weighted by Gasteiger charge is 2.23. The maximum absolute atomic E-state index is 12.8. The number of aromatic carboxylic acids is 1. The van der Waals surface area contributed by atoms with Crippen molar-refractivity contribution < 1.29 is 18.8 Å². The Balaban J connectivity index is 2.63. The summed E-state index contributed by atoms with van der Waals surface area (Å²) >= 11 is 6.27. The van der Waals surface area contributed by atoms with E-state index in [0.29, 0.717) is 28.8 Å². The van der Waals surface area contributed by atoms with Gasteiger partial charge in [0.25, 0.3) is 0 Å². The van der Waals surface area contributed by atoms with Crippen molar-refractivity contribution in [3.63, 3.8) is 0 Å². The Morgan fingerprint density at radius 2 is 1.74 bits per heavy atom. The number of nitrogens with zero attached hydrogens (tertiary/aromatic N) is 1. The van der Waals surface area contributed by atoms with Crippen LogP contribution in [0.5, 0.6) is 11.5 Å². The molecule has 2 rings (SSSR count). The summed E-state index contributed by atoms with van der Waals surface area (Å²) in [4.78, 5) is 14.5. The third-order valence-electron chi connectivity index (χ3n) is 4.73. The molecule has 0 aromatic heterocycles. The van der Waals surface area contributed by atoms with E-state index in [0.717, 1.165) is 38.8 Å². The standard InChI is InChI=1S/C23H31ClN2O4S/c1-4-7-13-26(14-8-5-2)19-16-21(30-20-12-10-9-11-18(20)24)22(31(29)25-6-3)15-17(19)23(27)28/h9-12,15-16,25H,4-8,13-14H2,1-3H3,(H,27,28). The molecule has 0 aliphatic carbocycles. The van der Waals surface area contributed by atoms with Gasteiger partial charge in [-0.25, -0.2) is 13.7 Å². The minimum atomic E-state index is -1.63. The molecule has 31 heavy (non-hydrogen) atoms. The van der Waals surface area contributed by atoms with E-state index in [-0.39, 0.29) is 10.5 Å². The zero-order valence-electron chi connectivity index (χ0n) is 18.3. The van der Waals surface area contributed by atoms with E-state index in [1.165, 1.54) is 6.07 Å². The highest BCUT2D eigenvalue weighted by molar-refractivity contribution is 7.83. The molecule has 0 saturated heterocycles. The molecule has 2 aromatic carbocycles. The van der Waals surface area contributed by atoms with E-state index in [9.17, 15) is 14.1 Å². The summed E-state index contributed by atoms with van der Waals surface area (Å²) in [5.74, 6) is -0.320. The monoisotopic (exact) mass is 466 g/mol. The molecule has 6 nitrogen and oxygen atoms in total. The fourth-order valence-corrected chi connectivity index (χ4v) is 4.21. The van der Waals surface area contributed by atoms with Crippen LogP contribution in [0.3, 0.4) is 0 Å². The van der Waals surface area contributed by atoms with Gasteiger partial charge < -0.3 is 14.7 Å². The van der Waals surface area contributed by atoms with Crippen molar-refractivity contribution in [3.05, 3.63) is 47.0 Å². The van der Waals surface area contributed by atoms with Crippen LogP contribution in [0.25, 0.3) is 0 Å². The van der Waals surface area contributed by atoms with Crippen LogP contribution in [-0.2, 0) is 11.0 Å². The Hall–Kier alpha value is -2.09. The van der Waals surface area contributed by atoms with Crippen molar-refractivity contribution in [3.8, 4) is 11.5 Å². The molecule has 0 fully saturated rings. The zero-order valence-corrected chi connectivity index (χ0v) is 19.9. The van der Waals surface area contributed by atoms with Gasteiger partial charge in [-0.2, -0.15) is 0 Å². The predicted octanol–water partition coefficient (Wildman–Crippen LogP) is 5.87. The number of ether oxygens (including phenoxy) is 1. The molecule has 0 spiro atoms. The van der Waals surface area contributed by atoms with Gasteiger partial charge in [-0.15, -0.1) is 0 Å². The molecule has 1 atom stereocenters. The second-order valence-corrected chi connectivity index (χ2v) is 8.79. The molecule has 0 amide bonds. The Bertz CT molecular complexity index is 899. The predicted molar refractivity (Wildman–Crippen MR) is 127 cm³/mol. The molecular weight excluding hydrogens is 436 g/mol. The first-order valence-electron chi connectivity index (χ1n) is 10.7. The average Bonchev–Trinajstić information content (AvgIpc) is 2.75. The van der Waals surface area contributed by atoms with Gasteiger partial charge in [0.15, 0.2) is 0 Å². The van der Waals surface area contributed by atoms with E-state index >= 15 is 0 Å². The number of halogens is 1. The Labute approximate surface area is 192 Å². The zero-order chi connectivity index (χ0) is 22.8. The third kappa shape index (κ3) is 6.95.